The minimum atomic E-state index is -0.127. The van der Waals surface area contributed by atoms with Crippen molar-refractivity contribution in [3.63, 3.8) is 0 Å². The molecule has 1 rings (SSSR count). The molecule has 0 saturated carbocycles. The Morgan fingerprint density at radius 1 is 1.11 bits per heavy atom. The fourth-order valence-electron chi connectivity index (χ4n) is 2.82. The summed E-state index contributed by atoms with van der Waals surface area (Å²) in [6, 6.07) is 6.98. The van der Waals surface area contributed by atoms with Gasteiger partial charge in [-0.25, -0.2) is 0 Å². The van der Waals surface area contributed by atoms with E-state index in [4.69, 9.17) is 4.74 Å². The van der Waals surface area contributed by atoms with Crippen molar-refractivity contribution >= 4 is 0 Å². The van der Waals surface area contributed by atoms with Gasteiger partial charge in [-0.15, -0.1) is 0 Å². The molecule has 0 spiro atoms. The molecule has 0 aliphatic carbocycles. The summed E-state index contributed by atoms with van der Waals surface area (Å²) in [5.41, 5.74) is 3.89. The molecule has 0 radical (unpaired) electrons. The molecule has 19 heavy (non-hydrogen) atoms. The van der Waals surface area contributed by atoms with Crippen LogP contribution < -0.4 is 5.32 Å². The summed E-state index contributed by atoms with van der Waals surface area (Å²) in [6.45, 7) is 11.8. The predicted octanol–water partition coefficient (Wildman–Crippen LogP) is 4.16. The van der Waals surface area contributed by atoms with Crippen molar-refractivity contribution in [2.75, 3.05) is 13.7 Å². The summed E-state index contributed by atoms with van der Waals surface area (Å²) in [4.78, 5) is 0. The van der Waals surface area contributed by atoms with Gasteiger partial charge in [0.05, 0.1) is 11.6 Å². The van der Waals surface area contributed by atoms with Crippen molar-refractivity contribution in [1.29, 1.82) is 0 Å². The fourth-order valence-corrected chi connectivity index (χ4v) is 2.82. The SMILES string of the molecule is CCNC(c1ccc(C)c(C)c1)C(CC)(CC)OC. The van der Waals surface area contributed by atoms with E-state index in [9.17, 15) is 0 Å². The Morgan fingerprint density at radius 2 is 1.74 bits per heavy atom. The normalized spacial score (nSPS) is 13.6. The van der Waals surface area contributed by atoms with E-state index in [1.165, 1.54) is 16.7 Å². The third kappa shape index (κ3) is 3.37. The lowest BCUT2D eigenvalue weighted by atomic mass is 9.83. The van der Waals surface area contributed by atoms with E-state index < -0.39 is 0 Å². The van der Waals surface area contributed by atoms with Gasteiger partial charge in [0.25, 0.3) is 0 Å². The van der Waals surface area contributed by atoms with E-state index in [0.29, 0.717) is 0 Å². The lowest BCUT2D eigenvalue weighted by Crippen LogP contribution is -2.44. The van der Waals surface area contributed by atoms with E-state index in [2.05, 4.69) is 58.1 Å². The van der Waals surface area contributed by atoms with Crippen molar-refractivity contribution in [1.82, 2.24) is 5.32 Å². The van der Waals surface area contributed by atoms with Gasteiger partial charge in [-0.3, -0.25) is 0 Å². The number of hydrogen-bond acceptors (Lipinski definition) is 2. The highest BCUT2D eigenvalue weighted by Gasteiger charge is 2.36. The number of aryl methyl sites for hydroxylation is 2. The van der Waals surface area contributed by atoms with Crippen LogP contribution in [0.15, 0.2) is 18.2 Å². The minimum Gasteiger partial charge on any atom is -0.376 e. The van der Waals surface area contributed by atoms with Crippen LogP contribution in [0, 0.1) is 13.8 Å². The van der Waals surface area contributed by atoms with Crippen molar-refractivity contribution in [3.8, 4) is 0 Å². The summed E-state index contributed by atoms with van der Waals surface area (Å²) >= 11 is 0. The van der Waals surface area contributed by atoms with Crippen LogP contribution in [-0.4, -0.2) is 19.3 Å². The first-order chi connectivity index (χ1) is 9.04. The molecule has 0 aliphatic rings. The van der Waals surface area contributed by atoms with E-state index in [0.717, 1.165) is 19.4 Å². The summed E-state index contributed by atoms with van der Waals surface area (Å²) in [7, 11) is 1.83. The monoisotopic (exact) mass is 263 g/mol. The fraction of sp³-hybridized carbons (Fsp3) is 0.647. The van der Waals surface area contributed by atoms with Gasteiger partial charge in [0.2, 0.25) is 0 Å². The second kappa shape index (κ2) is 7.06. The molecule has 2 heteroatoms. The van der Waals surface area contributed by atoms with Gasteiger partial charge in [0, 0.05) is 7.11 Å². The molecule has 1 N–H and O–H groups in total. The molecule has 0 aromatic heterocycles. The van der Waals surface area contributed by atoms with Gasteiger partial charge < -0.3 is 10.1 Å². The number of rotatable bonds is 7. The lowest BCUT2D eigenvalue weighted by Gasteiger charge is -2.39. The third-order valence-electron chi connectivity index (χ3n) is 4.40. The second-order valence-corrected chi connectivity index (χ2v) is 5.31. The maximum absolute atomic E-state index is 5.91. The first-order valence-electron chi connectivity index (χ1n) is 7.40. The highest BCUT2D eigenvalue weighted by Crippen LogP contribution is 2.35. The van der Waals surface area contributed by atoms with E-state index in [1.807, 2.05) is 7.11 Å². The number of hydrogen-bond donors (Lipinski definition) is 1. The zero-order valence-electron chi connectivity index (χ0n) is 13.3. The second-order valence-electron chi connectivity index (χ2n) is 5.31. The Bertz CT molecular complexity index is 388. The molecule has 1 aromatic rings. The summed E-state index contributed by atoms with van der Waals surface area (Å²) in [5, 5.41) is 3.61. The lowest BCUT2D eigenvalue weighted by molar-refractivity contribution is -0.0482. The average Bonchev–Trinajstić information content (AvgIpc) is 2.43. The molecule has 1 atom stereocenters. The Morgan fingerprint density at radius 3 is 2.16 bits per heavy atom. The van der Waals surface area contributed by atoms with Crippen molar-refractivity contribution in [2.24, 2.45) is 0 Å². The molecule has 2 nitrogen and oxygen atoms in total. The Hall–Kier alpha value is -0.860. The van der Waals surface area contributed by atoms with Gasteiger partial charge >= 0.3 is 0 Å². The van der Waals surface area contributed by atoms with Gasteiger partial charge in [-0.1, -0.05) is 39.0 Å². The third-order valence-corrected chi connectivity index (χ3v) is 4.40. The number of methoxy groups -OCH3 is 1. The molecule has 108 valence electrons. The summed E-state index contributed by atoms with van der Waals surface area (Å²) in [6.07, 6.45) is 2.01. The molecule has 1 aromatic carbocycles. The summed E-state index contributed by atoms with van der Waals surface area (Å²) < 4.78 is 5.91. The van der Waals surface area contributed by atoms with Gasteiger partial charge in [-0.05, 0) is 49.9 Å². The molecule has 0 heterocycles. The van der Waals surface area contributed by atoms with Crippen LogP contribution >= 0.6 is 0 Å². The van der Waals surface area contributed by atoms with Crippen molar-refractivity contribution in [2.45, 2.75) is 59.1 Å². The Kier molecular flexibility index (Phi) is 6.02. The maximum Gasteiger partial charge on any atom is 0.0867 e. The van der Waals surface area contributed by atoms with Crippen LogP contribution in [0.4, 0.5) is 0 Å². The van der Waals surface area contributed by atoms with Crippen LogP contribution in [0.25, 0.3) is 0 Å². The number of ether oxygens (including phenoxy) is 1. The predicted molar refractivity (Wildman–Crippen MR) is 82.7 cm³/mol. The molecular formula is C17H29NO. The molecular weight excluding hydrogens is 234 g/mol. The van der Waals surface area contributed by atoms with Crippen molar-refractivity contribution < 1.29 is 4.74 Å². The topological polar surface area (TPSA) is 21.3 Å². The Balaban J connectivity index is 3.21. The Labute approximate surface area is 118 Å². The highest BCUT2D eigenvalue weighted by molar-refractivity contribution is 5.33. The van der Waals surface area contributed by atoms with Crippen LogP contribution in [-0.2, 0) is 4.74 Å². The zero-order chi connectivity index (χ0) is 14.5. The number of likely N-dealkylation sites (N-methyl/N-ethyl adjacent to an activating group) is 1. The highest BCUT2D eigenvalue weighted by atomic mass is 16.5. The smallest absolute Gasteiger partial charge is 0.0867 e. The van der Waals surface area contributed by atoms with Gasteiger partial charge in [-0.2, -0.15) is 0 Å². The first kappa shape index (κ1) is 16.2. The quantitative estimate of drug-likeness (QED) is 0.797. The van der Waals surface area contributed by atoms with E-state index >= 15 is 0 Å². The standard InChI is InChI=1S/C17H29NO/c1-7-17(8-2,19-6)16(18-9-3)15-11-10-13(4)14(5)12-15/h10-12,16,18H,7-9H2,1-6H3. The molecule has 0 amide bonds. The van der Waals surface area contributed by atoms with E-state index in [1.54, 1.807) is 0 Å². The van der Waals surface area contributed by atoms with Gasteiger partial charge in [0.1, 0.15) is 0 Å². The van der Waals surface area contributed by atoms with Crippen LogP contribution in [0.5, 0.6) is 0 Å². The molecule has 0 aliphatic heterocycles. The molecule has 0 saturated heterocycles. The minimum absolute atomic E-state index is 0.127. The number of nitrogens with one attached hydrogen (secondary N) is 1. The molecule has 1 unspecified atom stereocenters. The van der Waals surface area contributed by atoms with Crippen LogP contribution in [0.1, 0.15) is 56.3 Å². The van der Waals surface area contributed by atoms with E-state index in [-0.39, 0.29) is 11.6 Å². The maximum atomic E-state index is 5.91. The summed E-state index contributed by atoms with van der Waals surface area (Å²) in [5.74, 6) is 0. The average molecular weight is 263 g/mol. The zero-order valence-corrected chi connectivity index (χ0v) is 13.3. The van der Waals surface area contributed by atoms with Crippen molar-refractivity contribution in [3.05, 3.63) is 34.9 Å². The molecule has 0 bridgehead atoms. The van der Waals surface area contributed by atoms with Crippen LogP contribution in [0.2, 0.25) is 0 Å². The number of benzene rings is 1. The largest absolute Gasteiger partial charge is 0.376 e. The van der Waals surface area contributed by atoms with Crippen LogP contribution in [0.3, 0.4) is 0 Å². The first-order valence-corrected chi connectivity index (χ1v) is 7.40. The van der Waals surface area contributed by atoms with Gasteiger partial charge in [0.15, 0.2) is 0 Å². The molecule has 0 fully saturated rings.